The van der Waals surface area contributed by atoms with Crippen LogP contribution in [0.3, 0.4) is 0 Å². The molecule has 2 aromatic carbocycles. The number of ether oxygens (including phenoxy) is 1. The van der Waals surface area contributed by atoms with Gasteiger partial charge in [-0.3, -0.25) is 10.2 Å². The fourth-order valence-corrected chi connectivity index (χ4v) is 1.98. The van der Waals surface area contributed by atoms with Crippen LogP contribution in [0, 0.1) is 0 Å². The number of hydrogen-bond donors (Lipinski definition) is 2. The van der Waals surface area contributed by atoms with E-state index >= 15 is 0 Å². The van der Waals surface area contributed by atoms with E-state index in [9.17, 15) is 4.79 Å². The van der Waals surface area contributed by atoms with Crippen molar-refractivity contribution >= 4 is 5.91 Å². The minimum atomic E-state index is -0.309. The zero-order chi connectivity index (χ0) is 14.4. The van der Waals surface area contributed by atoms with Crippen molar-refractivity contribution in [1.29, 1.82) is 0 Å². The molecule has 4 nitrogen and oxygen atoms in total. The largest absolute Gasteiger partial charge is 0.369 e. The average Bonchev–Trinajstić information content (AvgIpc) is 2.53. The van der Waals surface area contributed by atoms with E-state index in [2.05, 4.69) is 5.43 Å². The lowest BCUT2D eigenvalue weighted by atomic mass is 10.1. The number of benzene rings is 2. The lowest BCUT2D eigenvalue weighted by Gasteiger charge is -2.15. The maximum atomic E-state index is 11.7. The second kappa shape index (κ2) is 6.84. The molecule has 0 saturated heterocycles. The van der Waals surface area contributed by atoms with E-state index in [0.717, 1.165) is 11.1 Å². The molecule has 1 amide bonds. The number of nitrogens with one attached hydrogen (secondary N) is 1. The number of carbonyl (C=O) groups is 1. The molecular weight excluding hydrogens is 252 g/mol. The topological polar surface area (TPSA) is 64.3 Å². The molecule has 0 bridgehead atoms. The Bertz CT molecular complexity index is 570. The van der Waals surface area contributed by atoms with E-state index in [4.69, 9.17) is 10.6 Å². The first-order chi connectivity index (χ1) is 9.72. The first kappa shape index (κ1) is 14.2. The molecule has 104 valence electrons. The van der Waals surface area contributed by atoms with E-state index in [0.29, 0.717) is 12.2 Å². The molecule has 0 aromatic heterocycles. The van der Waals surface area contributed by atoms with Crippen molar-refractivity contribution in [3.63, 3.8) is 0 Å². The van der Waals surface area contributed by atoms with Crippen LogP contribution in [0.15, 0.2) is 54.6 Å². The first-order valence-corrected chi connectivity index (χ1v) is 6.47. The van der Waals surface area contributed by atoms with E-state index in [-0.39, 0.29) is 12.0 Å². The molecule has 20 heavy (non-hydrogen) atoms. The third kappa shape index (κ3) is 3.44. The SMILES string of the molecule is CC(OCc1ccccc1C(=O)NN)c1ccccc1. The van der Waals surface area contributed by atoms with Crippen LogP contribution in [-0.2, 0) is 11.3 Å². The van der Waals surface area contributed by atoms with Crippen molar-refractivity contribution in [3.05, 3.63) is 71.3 Å². The highest BCUT2D eigenvalue weighted by Crippen LogP contribution is 2.19. The number of rotatable bonds is 5. The number of hydrogen-bond acceptors (Lipinski definition) is 3. The Hall–Kier alpha value is -2.17. The Morgan fingerprint density at radius 3 is 2.50 bits per heavy atom. The summed E-state index contributed by atoms with van der Waals surface area (Å²) in [6.45, 7) is 2.35. The zero-order valence-electron chi connectivity index (χ0n) is 11.4. The van der Waals surface area contributed by atoms with Gasteiger partial charge in [-0.25, -0.2) is 5.84 Å². The maximum absolute atomic E-state index is 11.7. The van der Waals surface area contributed by atoms with Gasteiger partial charge in [-0.2, -0.15) is 0 Å². The summed E-state index contributed by atoms with van der Waals surface area (Å²) < 4.78 is 5.83. The quantitative estimate of drug-likeness (QED) is 0.498. The summed E-state index contributed by atoms with van der Waals surface area (Å²) in [6.07, 6.45) is -0.0369. The van der Waals surface area contributed by atoms with Crippen LogP contribution in [0.25, 0.3) is 0 Å². The van der Waals surface area contributed by atoms with Crippen LogP contribution in [0.4, 0.5) is 0 Å². The third-order valence-corrected chi connectivity index (χ3v) is 3.15. The molecule has 2 aromatic rings. The van der Waals surface area contributed by atoms with Crippen LogP contribution >= 0.6 is 0 Å². The predicted octanol–water partition coefficient (Wildman–Crippen LogP) is 2.57. The normalized spacial score (nSPS) is 11.9. The number of carbonyl (C=O) groups excluding carboxylic acids is 1. The van der Waals surface area contributed by atoms with Gasteiger partial charge in [0.25, 0.3) is 5.91 Å². The number of amides is 1. The fourth-order valence-electron chi connectivity index (χ4n) is 1.98. The summed E-state index contributed by atoms with van der Waals surface area (Å²) in [4.78, 5) is 11.7. The third-order valence-electron chi connectivity index (χ3n) is 3.15. The van der Waals surface area contributed by atoms with Gasteiger partial charge in [0.15, 0.2) is 0 Å². The molecule has 0 aliphatic heterocycles. The molecule has 1 unspecified atom stereocenters. The van der Waals surface area contributed by atoms with Gasteiger partial charge < -0.3 is 4.74 Å². The molecule has 2 rings (SSSR count). The summed E-state index contributed by atoms with van der Waals surface area (Å²) in [7, 11) is 0. The standard InChI is InChI=1S/C16H18N2O2/c1-12(13-7-3-2-4-8-13)20-11-14-9-5-6-10-15(14)16(19)18-17/h2-10,12H,11,17H2,1H3,(H,18,19). The first-order valence-electron chi connectivity index (χ1n) is 6.47. The van der Waals surface area contributed by atoms with Crippen LogP contribution in [-0.4, -0.2) is 5.91 Å². The minimum Gasteiger partial charge on any atom is -0.369 e. The molecule has 1 atom stereocenters. The zero-order valence-corrected chi connectivity index (χ0v) is 11.4. The van der Waals surface area contributed by atoms with Crippen molar-refractivity contribution in [3.8, 4) is 0 Å². The van der Waals surface area contributed by atoms with Crippen LogP contribution in [0.1, 0.15) is 34.5 Å². The molecular formula is C16H18N2O2. The summed E-state index contributed by atoms with van der Waals surface area (Å²) in [6, 6.07) is 17.2. The summed E-state index contributed by atoms with van der Waals surface area (Å²) in [5.74, 6) is 4.87. The second-order valence-electron chi connectivity index (χ2n) is 4.49. The van der Waals surface area contributed by atoms with Crippen molar-refractivity contribution in [2.75, 3.05) is 0 Å². The molecule has 0 spiro atoms. The Morgan fingerprint density at radius 2 is 1.80 bits per heavy atom. The highest BCUT2D eigenvalue weighted by molar-refractivity contribution is 5.95. The second-order valence-corrected chi connectivity index (χ2v) is 4.49. The summed E-state index contributed by atoms with van der Waals surface area (Å²) in [5.41, 5.74) is 4.61. The van der Waals surface area contributed by atoms with E-state index < -0.39 is 0 Å². The molecule has 0 saturated carbocycles. The fraction of sp³-hybridized carbons (Fsp3) is 0.188. The molecule has 0 fully saturated rings. The highest BCUT2D eigenvalue weighted by atomic mass is 16.5. The van der Waals surface area contributed by atoms with Crippen LogP contribution < -0.4 is 11.3 Å². The molecule has 0 heterocycles. The van der Waals surface area contributed by atoms with Gasteiger partial charge in [0, 0.05) is 5.56 Å². The van der Waals surface area contributed by atoms with Gasteiger partial charge in [-0.05, 0) is 24.1 Å². The Morgan fingerprint density at radius 1 is 1.15 bits per heavy atom. The van der Waals surface area contributed by atoms with Gasteiger partial charge in [0.05, 0.1) is 12.7 Å². The monoisotopic (exact) mass is 270 g/mol. The summed E-state index contributed by atoms with van der Waals surface area (Å²) >= 11 is 0. The predicted molar refractivity (Wildman–Crippen MR) is 77.7 cm³/mol. The van der Waals surface area contributed by atoms with Crippen molar-refractivity contribution in [1.82, 2.24) is 5.43 Å². The number of hydrazine groups is 1. The van der Waals surface area contributed by atoms with Gasteiger partial charge >= 0.3 is 0 Å². The summed E-state index contributed by atoms with van der Waals surface area (Å²) in [5, 5.41) is 0. The molecule has 0 aliphatic carbocycles. The Balaban J connectivity index is 2.06. The maximum Gasteiger partial charge on any atom is 0.265 e. The van der Waals surface area contributed by atoms with Crippen LogP contribution in [0.5, 0.6) is 0 Å². The van der Waals surface area contributed by atoms with Gasteiger partial charge in [-0.15, -0.1) is 0 Å². The number of nitrogens with two attached hydrogens (primary N) is 1. The van der Waals surface area contributed by atoms with Crippen molar-refractivity contribution < 1.29 is 9.53 Å². The van der Waals surface area contributed by atoms with Crippen molar-refractivity contribution in [2.45, 2.75) is 19.6 Å². The molecule has 0 radical (unpaired) electrons. The lowest BCUT2D eigenvalue weighted by Crippen LogP contribution is -2.30. The van der Waals surface area contributed by atoms with E-state index in [1.807, 2.05) is 49.4 Å². The molecule has 3 N–H and O–H groups in total. The lowest BCUT2D eigenvalue weighted by molar-refractivity contribution is 0.0518. The smallest absolute Gasteiger partial charge is 0.265 e. The van der Waals surface area contributed by atoms with Crippen LogP contribution in [0.2, 0.25) is 0 Å². The van der Waals surface area contributed by atoms with E-state index in [1.165, 1.54) is 0 Å². The molecule has 4 heteroatoms. The Labute approximate surface area is 118 Å². The minimum absolute atomic E-state index is 0.0369. The average molecular weight is 270 g/mol. The Kier molecular flexibility index (Phi) is 4.87. The number of nitrogen functional groups attached to an aromatic ring is 1. The van der Waals surface area contributed by atoms with Gasteiger partial charge in [-0.1, -0.05) is 48.5 Å². The highest BCUT2D eigenvalue weighted by Gasteiger charge is 2.11. The van der Waals surface area contributed by atoms with Gasteiger partial charge in [0.1, 0.15) is 0 Å². The van der Waals surface area contributed by atoms with E-state index in [1.54, 1.807) is 12.1 Å². The van der Waals surface area contributed by atoms with Gasteiger partial charge in [0.2, 0.25) is 0 Å². The molecule has 0 aliphatic rings. The van der Waals surface area contributed by atoms with Crippen molar-refractivity contribution in [2.24, 2.45) is 5.84 Å².